The summed E-state index contributed by atoms with van der Waals surface area (Å²) >= 11 is 7.07. The lowest BCUT2D eigenvalue weighted by atomic mass is 10.2. The highest BCUT2D eigenvalue weighted by atomic mass is 35.5. The van der Waals surface area contributed by atoms with E-state index in [9.17, 15) is 9.59 Å². The number of amides is 2. The van der Waals surface area contributed by atoms with E-state index in [0.29, 0.717) is 33.6 Å². The van der Waals surface area contributed by atoms with E-state index in [1.54, 1.807) is 48.5 Å². The largest absolute Gasteiger partial charge is 0.486 e. The number of aromatic nitrogens is 2. The number of rotatable bonds is 8. The third kappa shape index (κ3) is 6.03. The molecule has 2 amide bonds. The Morgan fingerprint density at radius 1 is 1.16 bits per heavy atom. The summed E-state index contributed by atoms with van der Waals surface area (Å²) in [5.74, 6) is 0.0710. The molecule has 0 spiro atoms. The molecule has 0 unspecified atom stereocenters. The zero-order valence-corrected chi connectivity index (χ0v) is 18.6. The summed E-state index contributed by atoms with van der Waals surface area (Å²) < 4.78 is 11.2. The molecular formula is C22H21ClN4O4S. The van der Waals surface area contributed by atoms with Crippen LogP contribution < -0.4 is 15.4 Å². The lowest BCUT2D eigenvalue weighted by Crippen LogP contribution is -2.31. The highest BCUT2D eigenvalue weighted by Crippen LogP contribution is 2.19. The van der Waals surface area contributed by atoms with E-state index in [4.69, 9.17) is 21.1 Å². The molecular weight excluding hydrogens is 452 g/mol. The van der Waals surface area contributed by atoms with Gasteiger partial charge in [0.1, 0.15) is 12.4 Å². The van der Waals surface area contributed by atoms with Gasteiger partial charge in [0.25, 0.3) is 11.8 Å². The molecule has 0 bridgehead atoms. The van der Waals surface area contributed by atoms with E-state index >= 15 is 0 Å². The molecule has 166 valence electrons. The predicted molar refractivity (Wildman–Crippen MR) is 121 cm³/mol. The number of nitrogens with zero attached hydrogens (tertiary/aromatic N) is 2. The fraction of sp³-hybridized carbons (Fsp3) is 0.273. The Hall–Kier alpha value is -3.01. The van der Waals surface area contributed by atoms with Gasteiger partial charge in [0.05, 0.1) is 6.10 Å². The topological polar surface area (TPSA) is 102 Å². The van der Waals surface area contributed by atoms with Crippen molar-refractivity contribution in [1.82, 2.24) is 15.5 Å². The summed E-state index contributed by atoms with van der Waals surface area (Å²) in [6, 6.07) is 13.7. The van der Waals surface area contributed by atoms with Crippen molar-refractivity contribution < 1.29 is 19.1 Å². The van der Waals surface area contributed by atoms with Crippen LogP contribution in [0.25, 0.3) is 0 Å². The van der Waals surface area contributed by atoms with Gasteiger partial charge in [-0.05, 0) is 55.3 Å². The Morgan fingerprint density at radius 2 is 2.00 bits per heavy atom. The molecule has 2 heterocycles. The number of nitrogens with one attached hydrogen (secondary N) is 2. The van der Waals surface area contributed by atoms with Crippen LogP contribution in [0.3, 0.4) is 0 Å². The first kappa shape index (κ1) is 22.2. The molecule has 0 aliphatic carbocycles. The fourth-order valence-corrected chi connectivity index (χ4v) is 3.95. The molecule has 1 fully saturated rings. The van der Waals surface area contributed by atoms with E-state index in [-0.39, 0.29) is 29.5 Å². The van der Waals surface area contributed by atoms with Crippen LogP contribution >= 0.6 is 22.9 Å². The third-order valence-electron chi connectivity index (χ3n) is 4.74. The average Bonchev–Trinajstić information content (AvgIpc) is 3.49. The van der Waals surface area contributed by atoms with Crippen molar-refractivity contribution in [3.63, 3.8) is 0 Å². The minimum atomic E-state index is -0.366. The third-order valence-corrected chi connectivity index (χ3v) is 5.87. The van der Waals surface area contributed by atoms with E-state index in [1.165, 1.54) is 0 Å². The smallest absolute Gasteiger partial charge is 0.286 e. The summed E-state index contributed by atoms with van der Waals surface area (Å²) in [6.07, 6.45) is 2.11. The summed E-state index contributed by atoms with van der Waals surface area (Å²) in [4.78, 5) is 24.6. The molecule has 8 nitrogen and oxygen atoms in total. The SMILES string of the molecule is O=C(NC[C@@H]1CCCO1)c1ccc(OCc2nnc(C(=O)Nc3cccc(Cl)c3)s2)cc1. The second-order valence-electron chi connectivity index (χ2n) is 7.12. The lowest BCUT2D eigenvalue weighted by molar-refractivity contribution is 0.0857. The molecule has 1 aliphatic heterocycles. The molecule has 1 saturated heterocycles. The molecule has 2 aromatic carbocycles. The summed E-state index contributed by atoms with van der Waals surface area (Å²) in [7, 11) is 0. The van der Waals surface area contributed by atoms with Crippen molar-refractivity contribution in [3.8, 4) is 5.75 Å². The Kier molecular flexibility index (Phi) is 7.31. The maximum Gasteiger partial charge on any atom is 0.286 e. The zero-order valence-electron chi connectivity index (χ0n) is 17.0. The van der Waals surface area contributed by atoms with Gasteiger partial charge in [-0.1, -0.05) is 29.0 Å². The lowest BCUT2D eigenvalue weighted by Gasteiger charge is -2.11. The van der Waals surface area contributed by atoms with Crippen LogP contribution in [0.15, 0.2) is 48.5 Å². The van der Waals surface area contributed by atoms with Gasteiger partial charge in [0, 0.05) is 29.4 Å². The number of carbonyl (C=O) groups excluding carboxylic acids is 2. The first-order chi connectivity index (χ1) is 15.6. The zero-order chi connectivity index (χ0) is 22.3. The van der Waals surface area contributed by atoms with E-state index in [2.05, 4.69) is 20.8 Å². The quantitative estimate of drug-likeness (QED) is 0.515. The molecule has 10 heteroatoms. The van der Waals surface area contributed by atoms with Crippen molar-refractivity contribution in [2.45, 2.75) is 25.6 Å². The van der Waals surface area contributed by atoms with E-state index in [1.807, 2.05) is 0 Å². The van der Waals surface area contributed by atoms with Gasteiger partial charge in [-0.3, -0.25) is 9.59 Å². The highest BCUT2D eigenvalue weighted by Gasteiger charge is 2.17. The number of benzene rings is 2. The van der Waals surface area contributed by atoms with E-state index in [0.717, 1.165) is 30.8 Å². The number of ether oxygens (including phenoxy) is 2. The number of carbonyl (C=O) groups is 2. The highest BCUT2D eigenvalue weighted by molar-refractivity contribution is 7.13. The van der Waals surface area contributed by atoms with Crippen LogP contribution in [0, 0.1) is 0 Å². The van der Waals surface area contributed by atoms with Crippen LogP contribution in [-0.2, 0) is 11.3 Å². The molecule has 1 atom stereocenters. The summed E-state index contributed by atoms with van der Waals surface area (Å²) in [5, 5.41) is 14.8. The van der Waals surface area contributed by atoms with Gasteiger partial charge in [0.15, 0.2) is 5.01 Å². The van der Waals surface area contributed by atoms with Crippen LogP contribution in [0.4, 0.5) is 5.69 Å². The van der Waals surface area contributed by atoms with Crippen LogP contribution in [-0.4, -0.2) is 41.3 Å². The van der Waals surface area contributed by atoms with Gasteiger partial charge in [-0.15, -0.1) is 10.2 Å². The molecule has 1 aliphatic rings. The van der Waals surface area contributed by atoms with Crippen LogP contribution in [0.5, 0.6) is 5.75 Å². The van der Waals surface area contributed by atoms with Crippen molar-refractivity contribution in [3.05, 3.63) is 69.1 Å². The molecule has 3 aromatic rings. The molecule has 32 heavy (non-hydrogen) atoms. The summed E-state index contributed by atoms with van der Waals surface area (Å²) in [5.41, 5.74) is 1.13. The Labute approximate surface area is 193 Å². The first-order valence-electron chi connectivity index (χ1n) is 10.1. The molecule has 0 saturated carbocycles. The average molecular weight is 473 g/mol. The monoisotopic (exact) mass is 472 g/mol. The van der Waals surface area contributed by atoms with Gasteiger partial charge in [-0.25, -0.2) is 0 Å². The number of hydrogen-bond acceptors (Lipinski definition) is 7. The van der Waals surface area contributed by atoms with Gasteiger partial charge < -0.3 is 20.1 Å². The molecule has 4 rings (SSSR count). The number of hydrogen-bond donors (Lipinski definition) is 2. The predicted octanol–water partition coefficient (Wildman–Crippen LogP) is 3.93. The molecule has 1 aromatic heterocycles. The van der Waals surface area contributed by atoms with Crippen molar-refractivity contribution in [2.24, 2.45) is 0 Å². The fourth-order valence-electron chi connectivity index (χ4n) is 3.12. The standard InChI is InChI=1S/C22H21ClN4O4S/c23-15-3-1-4-16(11-15)25-21(29)22-27-26-19(32-22)13-31-17-8-6-14(7-9-17)20(28)24-12-18-5-2-10-30-18/h1,3-4,6-9,11,18H,2,5,10,12-13H2,(H,24,28)(H,25,29)/t18-/m0/s1. The Balaban J connectivity index is 1.26. The van der Waals surface area contributed by atoms with Crippen LogP contribution in [0.1, 0.15) is 38.0 Å². The van der Waals surface area contributed by atoms with Crippen molar-refractivity contribution in [1.29, 1.82) is 0 Å². The number of anilines is 1. The second-order valence-corrected chi connectivity index (χ2v) is 8.62. The summed E-state index contributed by atoms with van der Waals surface area (Å²) in [6.45, 7) is 1.43. The van der Waals surface area contributed by atoms with Crippen LogP contribution in [0.2, 0.25) is 5.02 Å². The first-order valence-corrected chi connectivity index (χ1v) is 11.3. The second kappa shape index (κ2) is 10.5. The Morgan fingerprint density at radius 3 is 2.75 bits per heavy atom. The molecule has 2 N–H and O–H groups in total. The van der Waals surface area contributed by atoms with Gasteiger partial charge in [0.2, 0.25) is 5.01 Å². The molecule has 0 radical (unpaired) electrons. The van der Waals surface area contributed by atoms with Gasteiger partial charge >= 0.3 is 0 Å². The Bertz CT molecular complexity index is 1080. The van der Waals surface area contributed by atoms with E-state index < -0.39 is 0 Å². The van der Waals surface area contributed by atoms with Crippen molar-refractivity contribution in [2.75, 3.05) is 18.5 Å². The van der Waals surface area contributed by atoms with Crippen molar-refractivity contribution >= 4 is 40.4 Å². The minimum Gasteiger partial charge on any atom is -0.486 e. The minimum absolute atomic E-state index is 0.103. The number of halogens is 1. The maximum absolute atomic E-state index is 12.3. The van der Waals surface area contributed by atoms with Gasteiger partial charge in [-0.2, -0.15) is 0 Å². The normalized spacial score (nSPS) is 15.3. The maximum atomic E-state index is 12.3.